The summed E-state index contributed by atoms with van der Waals surface area (Å²) in [6.45, 7) is 1.50. The number of benzene rings is 1. The lowest BCUT2D eigenvalue weighted by molar-refractivity contribution is 0.0213. The lowest BCUT2D eigenvalue weighted by atomic mass is 10.1. The van der Waals surface area contributed by atoms with Crippen LogP contribution in [-0.4, -0.2) is 53.7 Å². The third-order valence-electron chi connectivity index (χ3n) is 4.49. The van der Waals surface area contributed by atoms with Crippen molar-refractivity contribution in [2.24, 2.45) is 12.8 Å². The summed E-state index contributed by atoms with van der Waals surface area (Å²) in [6.07, 6.45) is 3.33. The molecule has 3 N–H and O–H groups in total. The van der Waals surface area contributed by atoms with E-state index in [4.69, 9.17) is 15.2 Å². The Morgan fingerprint density at radius 1 is 1.48 bits per heavy atom. The average molecular weight is 438 g/mol. The van der Waals surface area contributed by atoms with Crippen LogP contribution in [0.1, 0.15) is 12.8 Å². The topological polar surface area (TPSA) is 94.6 Å². The van der Waals surface area contributed by atoms with E-state index in [1.165, 1.54) is 0 Å². The summed E-state index contributed by atoms with van der Waals surface area (Å²) in [6, 6.07) is 5.35. The van der Waals surface area contributed by atoms with E-state index in [-0.39, 0.29) is 12.3 Å². The Morgan fingerprint density at radius 3 is 2.96 bits per heavy atom. The quantitative estimate of drug-likeness (QED) is 0.724. The molecule has 1 aliphatic heterocycles. The third kappa shape index (κ3) is 4.26. The van der Waals surface area contributed by atoms with Crippen LogP contribution in [0.25, 0.3) is 11.3 Å². The molecular weight excluding hydrogens is 414 g/mol. The molecule has 0 spiro atoms. The second kappa shape index (κ2) is 8.73. The van der Waals surface area contributed by atoms with Gasteiger partial charge in [-0.05, 0) is 47.0 Å². The number of methoxy groups -OCH3 is 1. The van der Waals surface area contributed by atoms with Crippen LogP contribution in [0.4, 0.5) is 10.5 Å². The number of rotatable bonds is 6. The number of hydrogen-bond donors (Lipinski definition) is 2. The molecule has 2 heterocycles. The highest BCUT2D eigenvalue weighted by atomic mass is 79.9. The number of likely N-dealkylation sites (tertiary alicyclic amines) is 1. The van der Waals surface area contributed by atoms with Gasteiger partial charge in [-0.1, -0.05) is 0 Å². The molecule has 146 valence electrons. The van der Waals surface area contributed by atoms with Crippen molar-refractivity contribution in [1.82, 2.24) is 14.7 Å². The Bertz CT molecular complexity index is 791. The Morgan fingerprint density at radius 2 is 2.30 bits per heavy atom. The molecule has 1 aliphatic rings. The van der Waals surface area contributed by atoms with Crippen molar-refractivity contribution in [3.8, 4) is 17.0 Å². The minimum Gasteiger partial charge on any atom is -0.492 e. The Labute approximate surface area is 166 Å². The predicted molar refractivity (Wildman–Crippen MR) is 107 cm³/mol. The van der Waals surface area contributed by atoms with E-state index in [1.807, 2.05) is 25.2 Å². The summed E-state index contributed by atoms with van der Waals surface area (Å²) in [5.74, 6) is 0.679. The summed E-state index contributed by atoms with van der Waals surface area (Å²) < 4.78 is 13.7. The van der Waals surface area contributed by atoms with Gasteiger partial charge < -0.3 is 20.5 Å². The Kier molecular flexibility index (Phi) is 6.35. The van der Waals surface area contributed by atoms with Gasteiger partial charge in [0, 0.05) is 38.5 Å². The maximum atomic E-state index is 12.6. The molecule has 0 saturated carbocycles. The molecule has 2 aromatic rings. The summed E-state index contributed by atoms with van der Waals surface area (Å²) in [5, 5.41) is 7.22. The summed E-state index contributed by atoms with van der Waals surface area (Å²) in [5.41, 5.74) is 7.91. The van der Waals surface area contributed by atoms with Crippen molar-refractivity contribution < 1.29 is 14.3 Å². The number of urea groups is 1. The number of halogens is 1. The fraction of sp³-hybridized carbons (Fsp3) is 0.444. The molecular formula is C18H24BrN5O3. The number of nitrogens with one attached hydrogen (secondary N) is 1. The van der Waals surface area contributed by atoms with E-state index in [9.17, 15) is 4.79 Å². The standard InChI is InChI=1S/C18H24BrN5O3/c1-23-17(14(19)11-21-23)13-10-12(5-6-15(13)27-9-7-20)22-18(25)24-8-3-4-16(24)26-2/h5-6,10-11,16H,3-4,7-9,20H2,1-2H3,(H,22,25). The number of carbonyl (C=O) groups is 1. The van der Waals surface area contributed by atoms with Crippen LogP contribution >= 0.6 is 15.9 Å². The molecule has 1 aromatic carbocycles. The first kappa shape index (κ1) is 19.7. The van der Waals surface area contributed by atoms with Gasteiger partial charge >= 0.3 is 6.03 Å². The highest BCUT2D eigenvalue weighted by Gasteiger charge is 2.28. The number of hydrogen-bond acceptors (Lipinski definition) is 5. The van der Waals surface area contributed by atoms with Crippen molar-refractivity contribution in [2.45, 2.75) is 19.1 Å². The second-order valence-corrected chi connectivity index (χ2v) is 7.12. The molecule has 1 saturated heterocycles. The molecule has 1 aromatic heterocycles. The van der Waals surface area contributed by atoms with Crippen molar-refractivity contribution in [3.63, 3.8) is 0 Å². The summed E-state index contributed by atoms with van der Waals surface area (Å²) >= 11 is 3.53. The predicted octanol–water partition coefficient (Wildman–Crippen LogP) is 2.79. The Balaban J connectivity index is 1.89. The number of ether oxygens (including phenoxy) is 2. The number of amides is 2. The monoisotopic (exact) mass is 437 g/mol. The lowest BCUT2D eigenvalue weighted by Gasteiger charge is -2.24. The van der Waals surface area contributed by atoms with E-state index in [0.29, 0.717) is 31.1 Å². The number of aryl methyl sites for hydroxylation is 1. The zero-order valence-electron chi connectivity index (χ0n) is 15.4. The second-order valence-electron chi connectivity index (χ2n) is 6.27. The van der Waals surface area contributed by atoms with Gasteiger partial charge in [0.05, 0.1) is 16.4 Å². The van der Waals surface area contributed by atoms with Crippen molar-refractivity contribution >= 4 is 27.6 Å². The molecule has 0 bridgehead atoms. The van der Waals surface area contributed by atoms with E-state index in [1.54, 1.807) is 22.9 Å². The van der Waals surface area contributed by atoms with Crippen molar-refractivity contribution in [2.75, 3.05) is 32.1 Å². The normalized spacial score (nSPS) is 16.6. The largest absolute Gasteiger partial charge is 0.492 e. The van der Waals surface area contributed by atoms with Crippen molar-refractivity contribution in [1.29, 1.82) is 0 Å². The molecule has 3 rings (SSSR count). The molecule has 0 radical (unpaired) electrons. The van der Waals surface area contributed by atoms with Crippen LogP contribution in [0.3, 0.4) is 0 Å². The number of nitrogens with zero attached hydrogens (tertiary/aromatic N) is 3. The Hall–Kier alpha value is -2.10. The van der Waals surface area contributed by atoms with Crippen LogP contribution < -0.4 is 15.8 Å². The number of aromatic nitrogens is 2. The molecule has 2 amide bonds. The maximum Gasteiger partial charge on any atom is 0.323 e. The number of anilines is 1. The molecule has 0 aliphatic carbocycles. The number of carbonyl (C=O) groups excluding carboxylic acids is 1. The minimum absolute atomic E-state index is 0.176. The molecule has 1 unspecified atom stereocenters. The molecule has 9 heteroatoms. The molecule has 1 atom stereocenters. The van der Waals surface area contributed by atoms with Crippen LogP contribution in [0, 0.1) is 0 Å². The van der Waals surface area contributed by atoms with Crippen LogP contribution in [0.2, 0.25) is 0 Å². The summed E-state index contributed by atoms with van der Waals surface area (Å²) in [7, 11) is 3.48. The van der Waals surface area contributed by atoms with Gasteiger partial charge in [0.15, 0.2) is 0 Å². The maximum absolute atomic E-state index is 12.6. The molecule has 1 fully saturated rings. The van der Waals surface area contributed by atoms with E-state index in [0.717, 1.165) is 28.6 Å². The van der Waals surface area contributed by atoms with E-state index >= 15 is 0 Å². The first-order chi connectivity index (χ1) is 13.0. The average Bonchev–Trinajstić information content (AvgIpc) is 3.27. The highest BCUT2D eigenvalue weighted by Crippen LogP contribution is 2.36. The fourth-order valence-electron chi connectivity index (χ4n) is 3.21. The molecule has 8 nitrogen and oxygen atoms in total. The third-order valence-corrected chi connectivity index (χ3v) is 5.07. The van der Waals surface area contributed by atoms with Gasteiger partial charge in [0.2, 0.25) is 0 Å². The van der Waals surface area contributed by atoms with Gasteiger partial charge in [0.1, 0.15) is 18.6 Å². The van der Waals surface area contributed by atoms with Crippen LogP contribution in [0.15, 0.2) is 28.9 Å². The fourth-order valence-corrected chi connectivity index (χ4v) is 3.77. The first-order valence-corrected chi connectivity index (χ1v) is 9.59. The first-order valence-electron chi connectivity index (χ1n) is 8.80. The zero-order valence-corrected chi connectivity index (χ0v) is 17.0. The van der Waals surface area contributed by atoms with Gasteiger partial charge in [0.25, 0.3) is 0 Å². The molecule has 27 heavy (non-hydrogen) atoms. The van der Waals surface area contributed by atoms with Gasteiger partial charge in [-0.25, -0.2) is 4.79 Å². The lowest BCUT2D eigenvalue weighted by Crippen LogP contribution is -2.39. The van der Waals surface area contributed by atoms with E-state index < -0.39 is 0 Å². The smallest absolute Gasteiger partial charge is 0.323 e. The van der Waals surface area contributed by atoms with Crippen LogP contribution in [-0.2, 0) is 11.8 Å². The zero-order chi connectivity index (χ0) is 19.4. The van der Waals surface area contributed by atoms with Gasteiger partial charge in [-0.15, -0.1) is 0 Å². The number of nitrogens with two attached hydrogens (primary N) is 1. The van der Waals surface area contributed by atoms with Gasteiger partial charge in [-0.3, -0.25) is 9.58 Å². The summed E-state index contributed by atoms with van der Waals surface area (Å²) in [4.78, 5) is 14.3. The van der Waals surface area contributed by atoms with E-state index in [2.05, 4.69) is 26.3 Å². The SMILES string of the molecule is COC1CCCN1C(=O)Nc1ccc(OCCN)c(-c2c(Br)cnn2C)c1. The minimum atomic E-state index is -0.178. The highest BCUT2D eigenvalue weighted by molar-refractivity contribution is 9.10. The van der Waals surface area contributed by atoms with Crippen LogP contribution in [0.5, 0.6) is 5.75 Å². The van der Waals surface area contributed by atoms with Gasteiger partial charge in [-0.2, -0.15) is 5.10 Å². The van der Waals surface area contributed by atoms with Crippen molar-refractivity contribution in [3.05, 3.63) is 28.9 Å².